The zero-order valence-corrected chi connectivity index (χ0v) is 85.3. The molecule has 139 heavy (non-hydrogen) atoms. The molecule has 0 spiro atoms. The summed E-state index contributed by atoms with van der Waals surface area (Å²) in [5.41, 5.74) is 27.9. The quantitative estimate of drug-likeness (QED) is 0.117. The summed E-state index contributed by atoms with van der Waals surface area (Å²) < 4.78 is 90.9. The topological polar surface area (TPSA) is 207 Å². The number of nitrogens with zero attached hydrogens (tertiary/aromatic N) is 12. The number of aryl methyl sites for hydroxylation is 7. The van der Waals surface area contributed by atoms with Gasteiger partial charge in [0.1, 0.15) is 22.3 Å². The first-order valence-corrected chi connectivity index (χ1v) is 43.6. The molecule has 0 aliphatic carbocycles. The van der Waals surface area contributed by atoms with Gasteiger partial charge >= 0.3 is 0 Å². The van der Waals surface area contributed by atoms with E-state index < -0.39 is 20.6 Å². The number of pyridine rings is 12. The standard InChI is InChI=1S/C19H15N2O.C18H13N2O.C17H11N2O.C16H9N2O.2C13H12N.C12H10N.C11H8N.4Ir/c1-12(2)17-19-14(9-11-21-17)13-6-5-7-15(18(13)22-19)16-8-3-4-10-20-16;1-2-12-8-10-19-15(11-12)13-5-3-6-14-17-16(21-18(13)14)7-4-9-20-17;1-11-7-8-14(19-10-11)12-4-2-5-13-16-15(20-17(12)13)6-3-9-18-16;1-2-9-17-13(7-1)11-5-3-6-12-15-14(19-16(11)12)8-4-10-18-15;1-10-8-13(14-9-11(10)2)12-6-4-3-5-7-12;1-10-8-11(2)13(14-9-10)12-6-4-3-5-7-12;1-10-6-5-9-12(13-10)11-7-3-2-4-8-11;1-2-6-10(7-3-1)11-8-4-5-9-12-11;;;;/h3-6,8-12H,1-2H3;3-4,6-11H,2H2,1H3;2-3,5-10H,1H3;1-4,6-10H;2*3-6,8-9H,1-2H3;2-7,9H,1H3;1-6,8-9H;;;;/q8*-1;;;;/i;;1D3;;1D3,2D3;;;;;;;. The van der Waals surface area contributed by atoms with E-state index in [1.165, 1.54) is 29.0 Å². The van der Waals surface area contributed by atoms with Crippen LogP contribution in [-0.4, -0.2) is 59.8 Å². The van der Waals surface area contributed by atoms with Crippen molar-refractivity contribution in [3.05, 3.63) is 459 Å². The van der Waals surface area contributed by atoms with Gasteiger partial charge in [-0.2, -0.15) is 0 Å². The predicted octanol–water partition coefficient (Wildman–Crippen LogP) is 29.1. The second-order valence-corrected chi connectivity index (χ2v) is 31.1. The molecule has 0 saturated carbocycles. The number of hydrogen-bond donors (Lipinski definition) is 0. The molecule has 0 unspecified atom stereocenters. The molecule has 20 heteroatoms. The van der Waals surface area contributed by atoms with Gasteiger partial charge < -0.3 is 57.5 Å². The molecular formula is C119H90Ir4N12O4-8. The van der Waals surface area contributed by atoms with Gasteiger partial charge in [-0.25, -0.2) is 0 Å². The molecule has 694 valence electrons. The van der Waals surface area contributed by atoms with E-state index in [9.17, 15) is 0 Å². The number of furan rings is 4. The molecule has 16 aromatic heterocycles. The van der Waals surface area contributed by atoms with E-state index in [1.54, 1.807) is 79.6 Å². The van der Waals surface area contributed by atoms with Crippen LogP contribution in [0.2, 0.25) is 0 Å². The summed E-state index contributed by atoms with van der Waals surface area (Å²) in [5, 5.41) is 5.06. The first-order chi connectivity index (χ1) is 69.9. The van der Waals surface area contributed by atoms with Crippen molar-refractivity contribution in [1.29, 1.82) is 0 Å². The van der Waals surface area contributed by atoms with E-state index in [-0.39, 0.29) is 97.1 Å². The maximum Gasteiger partial charge on any atom is 0.142 e. The van der Waals surface area contributed by atoms with Crippen molar-refractivity contribution in [3.8, 4) is 90.1 Å². The molecule has 0 N–H and O–H groups in total. The van der Waals surface area contributed by atoms with Crippen molar-refractivity contribution in [2.75, 3.05) is 0 Å². The van der Waals surface area contributed by atoms with Crippen molar-refractivity contribution in [1.82, 2.24) is 59.8 Å². The van der Waals surface area contributed by atoms with Gasteiger partial charge in [0.05, 0.1) is 44.6 Å². The molecule has 0 saturated heterocycles. The van der Waals surface area contributed by atoms with Crippen LogP contribution in [0.5, 0.6) is 0 Å². The minimum atomic E-state index is -2.50. The van der Waals surface area contributed by atoms with Gasteiger partial charge in [0.2, 0.25) is 0 Å². The van der Waals surface area contributed by atoms with Crippen LogP contribution in [0, 0.1) is 89.9 Å². The Kier molecular flexibility index (Phi) is 31.8. The molecule has 24 aromatic rings. The van der Waals surface area contributed by atoms with Crippen LogP contribution < -0.4 is 0 Å². The van der Waals surface area contributed by atoms with E-state index in [1.807, 2.05) is 262 Å². The Labute approximate surface area is 874 Å². The number of fused-ring (bicyclic) bond motifs is 12. The second-order valence-electron chi connectivity index (χ2n) is 31.1. The number of benzene rings is 8. The maximum atomic E-state index is 7.50. The SMILES string of the molecule is CC(C)c1nccc2c1oc1c(-c3ccccn3)[c-]ccc12.CCc1ccnc(-c2[c-]ccc3c2oc2cccnc23)c1.Cc1cccc(-c2[c-]cccc2)n1.Cc1cnc(-c2[c-]cccc2)c(C)c1.[2H]C([2H])([2H])c1ccc(-c2[c-]ccc3c2oc2cccnc23)nc1.[2H]C([2H])([2H])c1cnc(-c2[c-]cccc2)cc1C([2H])([2H])[2H].[Ir].[Ir].[Ir].[Ir].[c-]1ccc2c(oc3cccnc32)c1-c1ccccn1.[c-]1ccccc1-c1ccccn1. The summed E-state index contributed by atoms with van der Waals surface area (Å²) >= 11 is 0. The van der Waals surface area contributed by atoms with E-state index in [0.29, 0.717) is 39.6 Å². The van der Waals surface area contributed by atoms with Gasteiger partial charge in [-0.05, 0) is 205 Å². The largest absolute Gasteiger partial charge is 0.499 e. The van der Waals surface area contributed by atoms with E-state index in [0.717, 1.165) is 169 Å². The summed E-state index contributed by atoms with van der Waals surface area (Å²) in [6.07, 6.45) is 19.7. The van der Waals surface area contributed by atoms with Crippen LogP contribution in [-0.2, 0) is 86.8 Å². The molecule has 0 aliphatic heterocycles. The number of rotatable bonds is 10. The normalized spacial score (nSPS) is 11.7. The average molecular weight is 2530 g/mol. The maximum absolute atomic E-state index is 7.50. The van der Waals surface area contributed by atoms with Crippen molar-refractivity contribution in [2.24, 2.45) is 0 Å². The molecule has 4 radical (unpaired) electrons. The summed E-state index contributed by atoms with van der Waals surface area (Å²) in [5.74, 6) is 0.312. The fraction of sp³-hybridized carbons (Fsp3) is 0.0924. The minimum Gasteiger partial charge on any atom is -0.499 e. The first kappa shape index (κ1) is 89.6. The van der Waals surface area contributed by atoms with Crippen LogP contribution in [0.4, 0.5) is 0 Å². The second kappa shape index (κ2) is 49.4. The van der Waals surface area contributed by atoms with Crippen molar-refractivity contribution < 1.29 is 110 Å². The molecule has 8 aromatic carbocycles. The molecule has 0 bridgehead atoms. The summed E-state index contributed by atoms with van der Waals surface area (Å²) in [7, 11) is 0. The molecule has 24 rings (SSSR count). The third-order valence-electron chi connectivity index (χ3n) is 21.4. The summed E-state index contributed by atoms with van der Waals surface area (Å²) in [6.45, 7) is 5.34. The average Bonchev–Trinajstić information content (AvgIpc) is 1.59. The van der Waals surface area contributed by atoms with Gasteiger partial charge in [-0.15, -0.1) is 216 Å². The fourth-order valence-corrected chi connectivity index (χ4v) is 15.0. The fourth-order valence-electron chi connectivity index (χ4n) is 15.0. The Morgan fingerprint density at radius 1 is 0.288 bits per heavy atom. The van der Waals surface area contributed by atoms with Gasteiger partial charge in [0.25, 0.3) is 0 Å². The van der Waals surface area contributed by atoms with E-state index >= 15 is 0 Å². The van der Waals surface area contributed by atoms with Gasteiger partial charge in [0.15, 0.2) is 0 Å². The molecule has 0 aliphatic rings. The smallest absolute Gasteiger partial charge is 0.142 e. The molecule has 0 fully saturated rings. The van der Waals surface area contributed by atoms with Crippen LogP contribution in [0.1, 0.15) is 83.8 Å². The Balaban J connectivity index is 0.000000142. The van der Waals surface area contributed by atoms with Crippen LogP contribution >= 0.6 is 0 Å². The Morgan fingerprint density at radius 3 is 1.18 bits per heavy atom. The van der Waals surface area contributed by atoms with E-state index in [4.69, 9.17) is 30.0 Å². The first-order valence-electron chi connectivity index (χ1n) is 48.1. The Hall–Kier alpha value is -14.6. The summed E-state index contributed by atoms with van der Waals surface area (Å²) in [6, 6.07) is 119. The van der Waals surface area contributed by atoms with Crippen molar-refractivity contribution in [3.63, 3.8) is 0 Å². The summed E-state index contributed by atoms with van der Waals surface area (Å²) in [4.78, 5) is 52.2. The molecular weight excluding hydrogens is 2430 g/mol. The zero-order chi connectivity index (χ0) is 100. The molecule has 16 heterocycles. The molecule has 0 amide bonds. The third kappa shape index (κ3) is 24.9. The van der Waals surface area contributed by atoms with Gasteiger partial charge in [-0.3, -0.25) is 19.9 Å². The number of aromatic nitrogens is 12. The monoisotopic (exact) mass is 2530 g/mol. The van der Waals surface area contributed by atoms with Gasteiger partial charge in [0, 0.05) is 172 Å². The number of hydrogen-bond acceptors (Lipinski definition) is 16. The zero-order valence-electron chi connectivity index (χ0n) is 84.8. The van der Waals surface area contributed by atoms with Crippen molar-refractivity contribution >= 4 is 88.1 Å². The van der Waals surface area contributed by atoms with Crippen LogP contribution in [0.15, 0.2) is 383 Å². The molecule has 0 atom stereocenters. The Bertz CT molecular complexity index is 8440. The molecule has 16 nitrogen and oxygen atoms in total. The third-order valence-corrected chi connectivity index (χ3v) is 21.4. The van der Waals surface area contributed by atoms with Crippen LogP contribution in [0.25, 0.3) is 178 Å². The minimum absolute atomic E-state index is 0. The van der Waals surface area contributed by atoms with Crippen LogP contribution in [0.3, 0.4) is 0 Å². The Morgan fingerprint density at radius 2 is 0.719 bits per heavy atom. The predicted molar refractivity (Wildman–Crippen MR) is 540 cm³/mol. The van der Waals surface area contributed by atoms with E-state index in [2.05, 4.69) is 155 Å². The van der Waals surface area contributed by atoms with Gasteiger partial charge in [-0.1, -0.05) is 144 Å². The van der Waals surface area contributed by atoms with Crippen molar-refractivity contribution in [2.45, 2.75) is 74.4 Å².